The van der Waals surface area contributed by atoms with Crippen LogP contribution in [0, 0.1) is 17.8 Å². The van der Waals surface area contributed by atoms with E-state index in [2.05, 4.69) is 10.6 Å². The SMILES string of the molecule is CC[C@H](C)[C@@H]([C@@H](CC(=O)N1CCCC1[C@H](OC)[C@@H](C)C(=O)NCCc1ccc(Cl)cc1)OC)N(C)C(=O)C(CCN)NC(=O)C(C(C)C)N(C)C. The zero-order valence-corrected chi connectivity index (χ0v) is 33.4. The molecule has 1 aromatic rings. The number of nitrogens with two attached hydrogens (primary N) is 1. The first kappa shape index (κ1) is 44.4. The Bertz CT molecular complexity index is 1240. The highest BCUT2D eigenvalue weighted by molar-refractivity contribution is 6.30. The third kappa shape index (κ3) is 12.4. The summed E-state index contributed by atoms with van der Waals surface area (Å²) in [6, 6.07) is 5.57. The summed E-state index contributed by atoms with van der Waals surface area (Å²) in [6.07, 6.45) is 2.11. The van der Waals surface area contributed by atoms with Gasteiger partial charge < -0.3 is 35.6 Å². The number of amides is 4. The molecule has 1 aromatic carbocycles. The summed E-state index contributed by atoms with van der Waals surface area (Å²) in [6.45, 7) is 11.1. The summed E-state index contributed by atoms with van der Waals surface area (Å²) in [5, 5.41) is 6.65. The number of hydrogen-bond acceptors (Lipinski definition) is 8. The van der Waals surface area contributed by atoms with E-state index in [1.807, 2.05) is 82.8 Å². The van der Waals surface area contributed by atoms with Gasteiger partial charge in [-0.25, -0.2) is 0 Å². The van der Waals surface area contributed by atoms with Gasteiger partial charge in [-0.2, -0.15) is 0 Å². The third-order valence-electron chi connectivity index (χ3n) is 10.4. The zero-order valence-electron chi connectivity index (χ0n) is 32.6. The second-order valence-corrected chi connectivity index (χ2v) is 15.0. The van der Waals surface area contributed by atoms with Crippen LogP contribution in [0.3, 0.4) is 0 Å². The molecule has 0 aliphatic carbocycles. The van der Waals surface area contributed by atoms with Crippen LogP contribution in [-0.2, 0) is 35.1 Å². The molecular formula is C38H65ClN6O6. The maximum absolute atomic E-state index is 14.1. The van der Waals surface area contributed by atoms with Gasteiger partial charge in [-0.15, -0.1) is 0 Å². The number of carbonyl (C=O) groups is 4. The Hall–Kier alpha value is -2.77. The molecule has 0 spiro atoms. The zero-order chi connectivity index (χ0) is 38.4. The van der Waals surface area contributed by atoms with Gasteiger partial charge in [0, 0.05) is 39.4 Å². The lowest BCUT2D eigenvalue weighted by Crippen LogP contribution is -2.58. The maximum atomic E-state index is 14.1. The first-order valence-corrected chi connectivity index (χ1v) is 18.8. The van der Waals surface area contributed by atoms with Crippen LogP contribution < -0.4 is 16.4 Å². The molecule has 4 N–H and O–H groups in total. The molecule has 12 nitrogen and oxygen atoms in total. The van der Waals surface area contributed by atoms with Crippen LogP contribution in [0.4, 0.5) is 0 Å². The molecule has 1 fully saturated rings. The van der Waals surface area contributed by atoms with E-state index in [0.29, 0.717) is 31.0 Å². The summed E-state index contributed by atoms with van der Waals surface area (Å²) >= 11 is 5.99. The fraction of sp³-hybridized carbons (Fsp3) is 0.737. The molecule has 1 aliphatic rings. The number of benzene rings is 1. The predicted molar refractivity (Wildman–Crippen MR) is 202 cm³/mol. The molecule has 0 bridgehead atoms. The van der Waals surface area contributed by atoms with Crippen molar-refractivity contribution in [1.82, 2.24) is 25.3 Å². The summed E-state index contributed by atoms with van der Waals surface area (Å²) < 4.78 is 11.9. The number of rotatable bonds is 21. The van der Waals surface area contributed by atoms with Crippen molar-refractivity contribution in [3.8, 4) is 0 Å². The number of likely N-dealkylation sites (N-methyl/N-ethyl adjacent to an activating group) is 2. The van der Waals surface area contributed by atoms with Gasteiger partial charge in [0.05, 0.1) is 42.7 Å². The second-order valence-electron chi connectivity index (χ2n) is 14.5. The van der Waals surface area contributed by atoms with Crippen LogP contribution in [0.1, 0.15) is 72.3 Å². The van der Waals surface area contributed by atoms with Gasteiger partial charge in [0.1, 0.15) is 6.04 Å². The average Bonchev–Trinajstić information content (AvgIpc) is 3.57. The molecular weight excluding hydrogens is 672 g/mol. The molecule has 13 heteroatoms. The summed E-state index contributed by atoms with van der Waals surface area (Å²) in [5.41, 5.74) is 6.99. The van der Waals surface area contributed by atoms with E-state index in [1.54, 1.807) is 26.2 Å². The predicted octanol–water partition coefficient (Wildman–Crippen LogP) is 3.34. The average molecular weight is 737 g/mol. The molecule has 3 unspecified atom stereocenters. The second kappa shape index (κ2) is 21.7. The van der Waals surface area contributed by atoms with Gasteiger partial charge in [-0.1, -0.05) is 64.8 Å². The van der Waals surface area contributed by atoms with Crippen molar-refractivity contribution in [3.63, 3.8) is 0 Å². The molecule has 1 heterocycles. The van der Waals surface area contributed by atoms with E-state index in [0.717, 1.165) is 18.4 Å². The molecule has 4 amide bonds. The highest BCUT2D eigenvalue weighted by atomic mass is 35.5. The van der Waals surface area contributed by atoms with E-state index in [1.165, 1.54) is 0 Å². The Balaban J connectivity index is 2.20. The van der Waals surface area contributed by atoms with Crippen molar-refractivity contribution in [2.45, 2.75) is 110 Å². The van der Waals surface area contributed by atoms with E-state index in [4.69, 9.17) is 26.8 Å². The number of carbonyl (C=O) groups excluding carboxylic acids is 4. The van der Waals surface area contributed by atoms with Gasteiger partial charge in [-0.3, -0.25) is 24.1 Å². The standard InChI is InChI=1S/C38H65ClN6O6/c1-11-25(4)34(44(8)38(49)29(18-20-40)42-37(48)33(24(2)3)43(6)7)31(50-9)23-32(46)45-22-12-13-30(45)35(51-10)26(5)36(47)41-21-19-27-14-16-28(39)17-15-27/h14-17,24-26,29-31,33-35H,11-13,18-23,40H2,1-10H3,(H,41,47)(H,42,48)/t25-,26+,29?,30?,31+,33?,34-,35+/m0/s1. The van der Waals surface area contributed by atoms with Crippen LogP contribution in [0.25, 0.3) is 0 Å². The summed E-state index contributed by atoms with van der Waals surface area (Å²) in [5.74, 6) is -1.23. The Morgan fingerprint density at radius 2 is 1.67 bits per heavy atom. The number of halogens is 1. The fourth-order valence-corrected chi connectivity index (χ4v) is 7.63. The Morgan fingerprint density at radius 3 is 2.20 bits per heavy atom. The summed E-state index contributed by atoms with van der Waals surface area (Å²) in [7, 11) is 8.54. The van der Waals surface area contributed by atoms with E-state index < -0.39 is 36.3 Å². The highest BCUT2D eigenvalue weighted by Crippen LogP contribution is 2.29. The first-order chi connectivity index (χ1) is 24.1. The highest BCUT2D eigenvalue weighted by Gasteiger charge is 2.42. The van der Waals surface area contributed by atoms with Crippen molar-refractivity contribution >= 4 is 35.2 Å². The molecule has 1 aliphatic heterocycles. The molecule has 0 saturated carbocycles. The normalized spacial score (nSPS) is 18.9. The lowest BCUT2D eigenvalue weighted by Gasteiger charge is -2.40. The Kier molecular flexibility index (Phi) is 18.9. The molecule has 8 atom stereocenters. The quantitative estimate of drug-likeness (QED) is 0.174. The molecule has 2 rings (SSSR count). The third-order valence-corrected chi connectivity index (χ3v) is 10.7. The van der Waals surface area contributed by atoms with Gasteiger partial charge >= 0.3 is 0 Å². The number of methoxy groups -OCH3 is 2. The molecule has 1 saturated heterocycles. The van der Waals surface area contributed by atoms with Gasteiger partial charge in [0.2, 0.25) is 23.6 Å². The topological polar surface area (TPSA) is 147 Å². The minimum Gasteiger partial charge on any atom is -0.379 e. The van der Waals surface area contributed by atoms with Crippen LogP contribution in [0.2, 0.25) is 5.02 Å². The summed E-state index contributed by atoms with van der Waals surface area (Å²) in [4.78, 5) is 60.0. The molecule has 51 heavy (non-hydrogen) atoms. The van der Waals surface area contributed by atoms with E-state index >= 15 is 0 Å². The van der Waals surface area contributed by atoms with Gasteiger partial charge in [0.25, 0.3) is 0 Å². The van der Waals surface area contributed by atoms with Crippen molar-refractivity contribution in [2.24, 2.45) is 23.5 Å². The van der Waals surface area contributed by atoms with Crippen LogP contribution >= 0.6 is 11.6 Å². The minimum absolute atomic E-state index is 0.0196. The van der Waals surface area contributed by atoms with Crippen LogP contribution in [0.5, 0.6) is 0 Å². The van der Waals surface area contributed by atoms with Crippen LogP contribution in [0.15, 0.2) is 24.3 Å². The molecule has 290 valence electrons. The van der Waals surface area contributed by atoms with Crippen molar-refractivity contribution in [3.05, 3.63) is 34.9 Å². The lowest BCUT2D eigenvalue weighted by molar-refractivity contribution is -0.147. The minimum atomic E-state index is -0.822. The number of hydrogen-bond donors (Lipinski definition) is 3. The van der Waals surface area contributed by atoms with Crippen molar-refractivity contribution in [2.75, 3.05) is 55.0 Å². The number of nitrogens with zero attached hydrogens (tertiary/aromatic N) is 3. The number of nitrogens with one attached hydrogen (secondary N) is 2. The fourth-order valence-electron chi connectivity index (χ4n) is 7.51. The smallest absolute Gasteiger partial charge is 0.245 e. The monoisotopic (exact) mass is 736 g/mol. The number of ether oxygens (including phenoxy) is 2. The van der Waals surface area contributed by atoms with Gasteiger partial charge in [0.15, 0.2) is 0 Å². The lowest BCUT2D eigenvalue weighted by atomic mass is 9.90. The molecule has 0 aromatic heterocycles. The largest absolute Gasteiger partial charge is 0.379 e. The molecule has 0 radical (unpaired) electrons. The Labute approximate surface area is 311 Å². The van der Waals surface area contributed by atoms with Gasteiger partial charge in [-0.05, 0) is 75.9 Å². The first-order valence-electron chi connectivity index (χ1n) is 18.4. The number of likely N-dealkylation sites (tertiary alicyclic amines) is 1. The Morgan fingerprint density at radius 1 is 1.02 bits per heavy atom. The van der Waals surface area contributed by atoms with Crippen LogP contribution in [-0.4, -0.2) is 130 Å². The van der Waals surface area contributed by atoms with E-state index in [9.17, 15) is 19.2 Å². The van der Waals surface area contributed by atoms with Crippen molar-refractivity contribution < 1.29 is 28.7 Å². The van der Waals surface area contributed by atoms with E-state index in [-0.39, 0.29) is 60.9 Å². The maximum Gasteiger partial charge on any atom is 0.245 e. The van der Waals surface area contributed by atoms with Crippen molar-refractivity contribution in [1.29, 1.82) is 0 Å².